The van der Waals surface area contributed by atoms with Crippen LogP contribution in [0.4, 0.5) is 10.3 Å². The molecule has 0 bridgehead atoms. The molecule has 1 aromatic carbocycles. The van der Waals surface area contributed by atoms with E-state index in [0.29, 0.717) is 34.9 Å². The number of rotatable bonds is 5. The first-order chi connectivity index (χ1) is 12.5. The van der Waals surface area contributed by atoms with E-state index >= 15 is 0 Å². The Bertz CT molecular complexity index is 757. The smallest absolute Gasteiger partial charge is 0.223 e. The second-order valence-electron chi connectivity index (χ2n) is 7.09. The molecule has 6 heteroatoms. The van der Waals surface area contributed by atoms with Crippen molar-refractivity contribution in [2.45, 2.75) is 45.7 Å². The van der Waals surface area contributed by atoms with Crippen LogP contribution in [0.1, 0.15) is 32.4 Å². The van der Waals surface area contributed by atoms with Gasteiger partial charge in [-0.3, -0.25) is 0 Å². The molecule has 1 aromatic heterocycles. The molecule has 3 rings (SSSR count). The summed E-state index contributed by atoms with van der Waals surface area (Å²) in [4.78, 5) is 11.4. The Balaban J connectivity index is 1.70. The van der Waals surface area contributed by atoms with Crippen molar-refractivity contribution in [2.75, 3.05) is 25.5 Å². The molecule has 0 unspecified atom stereocenters. The fraction of sp³-hybridized carbons (Fsp3) is 0.500. The third-order valence-electron chi connectivity index (χ3n) is 5.04. The summed E-state index contributed by atoms with van der Waals surface area (Å²) in [6, 6.07) is 5.80. The molecule has 1 N–H and O–H groups in total. The van der Waals surface area contributed by atoms with Crippen LogP contribution in [0.5, 0.6) is 5.75 Å². The van der Waals surface area contributed by atoms with Crippen molar-refractivity contribution in [3.63, 3.8) is 0 Å². The van der Waals surface area contributed by atoms with Crippen molar-refractivity contribution < 1.29 is 9.13 Å². The third kappa shape index (κ3) is 4.12. The largest absolute Gasteiger partial charge is 0.497 e. The number of anilines is 1. The molecule has 5 nitrogen and oxygen atoms in total. The van der Waals surface area contributed by atoms with Crippen LogP contribution in [-0.4, -0.2) is 47.2 Å². The highest BCUT2D eigenvalue weighted by atomic mass is 19.1. The van der Waals surface area contributed by atoms with Crippen molar-refractivity contribution in [1.82, 2.24) is 14.9 Å². The molecule has 0 atom stereocenters. The number of methoxy groups -OCH3 is 1. The number of likely N-dealkylation sites (tertiary alicyclic amines) is 1. The molecule has 0 saturated carbocycles. The second kappa shape index (κ2) is 7.99. The molecule has 1 aliphatic rings. The minimum atomic E-state index is -0.335. The molecule has 140 valence electrons. The van der Waals surface area contributed by atoms with E-state index in [4.69, 9.17) is 4.74 Å². The van der Waals surface area contributed by atoms with E-state index in [2.05, 4.69) is 34.0 Å². The van der Waals surface area contributed by atoms with Crippen molar-refractivity contribution in [3.05, 3.63) is 35.9 Å². The van der Waals surface area contributed by atoms with Crippen LogP contribution < -0.4 is 10.1 Å². The van der Waals surface area contributed by atoms with Gasteiger partial charge in [0.05, 0.1) is 12.8 Å². The molecule has 0 radical (unpaired) electrons. The highest BCUT2D eigenvalue weighted by Crippen LogP contribution is 2.28. The average molecular weight is 358 g/mol. The number of aryl methyl sites for hydroxylation is 1. The Labute approximate surface area is 154 Å². The number of ether oxygens (including phenoxy) is 1. The van der Waals surface area contributed by atoms with Gasteiger partial charge in [0.25, 0.3) is 0 Å². The summed E-state index contributed by atoms with van der Waals surface area (Å²) in [5, 5.41) is 3.43. The number of piperidine rings is 1. The zero-order valence-corrected chi connectivity index (χ0v) is 15.9. The lowest BCUT2D eigenvalue weighted by Gasteiger charge is -2.34. The Morgan fingerprint density at radius 1 is 1.23 bits per heavy atom. The van der Waals surface area contributed by atoms with Gasteiger partial charge in [0.15, 0.2) is 0 Å². The van der Waals surface area contributed by atoms with Gasteiger partial charge >= 0.3 is 0 Å². The van der Waals surface area contributed by atoms with Crippen LogP contribution in [0.2, 0.25) is 0 Å². The molecule has 0 aliphatic carbocycles. The lowest BCUT2D eigenvalue weighted by atomic mass is 10.0. The number of nitrogens with one attached hydrogen (secondary N) is 1. The fourth-order valence-electron chi connectivity index (χ4n) is 3.39. The number of benzene rings is 1. The van der Waals surface area contributed by atoms with Crippen molar-refractivity contribution >= 4 is 5.95 Å². The van der Waals surface area contributed by atoms with E-state index in [1.165, 1.54) is 13.2 Å². The predicted molar refractivity (Wildman–Crippen MR) is 102 cm³/mol. The summed E-state index contributed by atoms with van der Waals surface area (Å²) >= 11 is 0. The van der Waals surface area contributed by atoms with Crippen LogP contribution in [0.3, 0.4) is 0 Å². The SMILES string of the molecule is COc1ccc(-c2cnc(NC3CCN(C(C)C)CC3)nc2C)c(F)c1. The number of halogens is 1. The summed E-state index contributed by atoms with van der Waals surface area (Å²) in [6.07, 6.45) is 3.85. The Morgan fingerprint density at radius 2 is 1.96 bits per heavy atom. The maximum absolute atomic E-state index is 14.3. The van der Waals surface area contributed by atoms with E-state index in [1.54, 1.807) is 18.3 Å². The van der Waals surface area contributed by atoms with Gasteiger partial charge in [-0.15, -0.1) is 0 Å². The molecule has 0 amide bonds. The van der Waals surface area contributed by atoms with Gasteiger partial charge in [0.1, 0.15) is 11.6 Å². The predicted octanol–water partition coefficient (Wildman–Crippen LogP) is 3.88. The molecule has 1 fully saturated rings. The molecule has 1 saturated heterocycles. The average Bonchev–Trinajstić information content (AvgIpc) is 2.63. The third-order valence-corrected chi connectivity index (χ3v) is 5.04. The maximum atomic E-state index is 14.3. The van der Waals surface area contributed by atoms with Crippen LogP contribution >= 0.6 is 0 Å². The van der Waals surface area contributed by atoms with Gasteiger partial charge in [-0.1, -0.05) is 0 Å². The van der Waals surface area contributed by atoms with Gasteiger partial charge in [-0.05, 0) is 45.7 Å². The second-order valence-corrected chi connectivity index (χ2v) is 7.09. The maximum Gasteiger partial charge on any atom is 0.223 e. The van der Waals surface area contributed by atoms with Gasteiger partial charge in [-0.25, -0.2) is 14.4 Å². The van der Waals surface area contributed by atoms with Crippen LogP contribution in [0.25, 0.3) is 11.1 Å². The quantitative estimate of drug-likeness (QED) is 0.879. The molecule has 26 heavy (non-hydrogen) atoms. The lowest BCUT2D eigenvalue weighted by Crippen LogP contribution is -2.42. The summed E-state index contributed by atoms with van der Waals surface area (Å²) in [5.74, 6) is 0.775. The monoisotopic (exact) mass is 358 g/mol. The van der Waals surface area contributed by atoms with Crippen molar-refractivity contribution in [3.8, 4) is 16.9 Å². The molecule has 0 spiro atoms. The van der Waals surface area contributed by atoms with E-state index in [-0.39, 0.29) is 5.82 Å². The molecular weight excluding hydrogens is 331 g/mol. The number of hydrogen-bond donors (Lipinski definition) is 1. The van der Waals surface area contributed by atoms with Crippen molar-refractivity contribution in [2.24, 2.45) is 0 Å². The molecule has 2 heterocycles. The Hall–Kier alpha value is -2.21. The first-order valence-corrected chi connectivity index (χ1v) is 9.16. The lowest BCUT2D eigenvalue weighted by molar-refractivity contribution is 0.177. The highest BCUT2D eigenvalue weighted by molar-refractivity contribution is 5.67. The zero-order valence-electron chi connectivity index (χ0n) is 15.9. The van der Waals surface area contributed by atoms with E-state index in [1.807, 2.05) is 6.92 Å². The van der Waals surface area contributed by atoms with Gasteiger partial charge in [0, 0.05) is 48.6 Å². The van der Waals surface area contributed by atoms with E-state index in [9.17, 15) is 4.39 Å². The first kappa shape index (κ1) is 18.6. The van der Waals surface area contributed by atoms with Crippen molar-refractivity contribution in [1.29, 1.82) is 0 Å². The normalized spacial score (nSPS) is 16.1. The zero-order chi connectivity index (χ0) is 18.7. The molecule has 2 aromatic rings. The summed E-state index contributed by atoms with van der Waals surface area (Å²) < 4.78 is 19.4. The fourth-order valence-corrected chi connectivity index (χ4v) is 3.39. The summed E-state index contributed by atoms with van der Waals surface area (Å²) in [7, 11) is 1.52. The van der Waals surface area contributed by atoms with E-state index in [0.717, 1.165) is 31.6 Å². The molecule has 1 aliphatic heterocycles. The number of hydrogen-bond acceptors (Lipinski definition) is 5. The van der Waals surface area contributed by atoms with E-state index < -0.39 is 0 Å². The number of aromatic nitrogens is 2. The standard InChI is InChI=1S/C20H27FN4O/c1-13(2)25-9-7-15(8-10-25)24-20-22-12-18(14(3)23-20)17-6-5-16(26-4)11-19(17)21/h5-6,11-13,15H,7-10H2,1-4H3,(H,22,23,24). The minimum Gasteiger partial charge on any atom is -0.497 e. The van der Waals surface area contributed by atoms with Crippen LogP contribution in [-0.2, 0) is 0 Å². The minimum absolute atomic E-state index is 0.335. The van der Waals surface area contributed by atoms with Crippen LogP contribution in [0, 0.1) is 12.7 Å². The Kier molecular flexibility index (Phi) is 5.71. The summed E-state index contributed by atoms with van der Waals surface area (Å²) in [6.45, 7) is 8.52. The highest BCUT2D eigenvalue weighted by Gasteiger charge is 2.21. The number of nitrogens with zero attached hydrogens (tertiary/aromatic N) is 3. The first-order valence-electron chi connectivity index (χ1n) is 9.16. The van der Waals surface area contributed by atoms with Gasteiger partial charge < -0.3 is 15.0 Å². The Morgan fingerprint density at radius 3 is 2.54 bits per heavy atom. The summed E-state index contributed by atoms with van der Waals surface area (Å²) in [5.41, 5.74) is 1.94. The van der Waals surface area contributed by atoms with Gasteiger partial charge in [-0.2, -0.15) is 0 Å². The van der Waals surface area contributed by atoms with Gasteiger partial charge in [0.2, 0.25) is 5.95 Å². The van der Waals surface area contributed by atoms with Crippen LogP contribution in [0.15, 0.2) is 24.4 Å². The topological polar surface area (TPSA) is 50.3 Å². The molecular formula is C20H27FN4O.